The van der Waals surface area contributed by atoms with E-state index in [4.69, 9.17) is 4.74 Å². The van der Waals surface area contributed by atoms with Gasteiger partial charge in [0.2, 0.25) is 0 Å². The highest BCUT2D eigenvalue weighted by Crippen LogP contribution is 2.12. The van der Waals surface area contributed by atoms with Crippen molar-refractivity contribution in [2.45, 2.75) is 88.6 Å². The number of rotatable bonds is 15. The Hall–Kier alpha value is -0.0900. The molecule has 0 bridgehead atoms. The van der Waals surface area contributed by atoms with Crippen molar-refractivity contribution in [3.05, 3.63) is 35.4 Å². The Bertz CT molecular complexity index is 378. The maximum Gasteiger partial charge on any atom is 0.0716 e. The molecule has 23 heavy (non-hydrogen) atoms. The van der Waals surface area contributed by atoms with Crippen LogP contribution in [-0.4, -0.2) is 6.61 Å². The summed E-state index contributed by atoms with van der Waals surface area (Å²) in [6.07, 6.45) is 15.3. The number of benzene rings is 1. The average molecular weight is 430 g/mol. The van der Waals surface area contributed by atoms with Gasteiger partial charge < -0.3 is 4.74 Å². The summed E-state index contributed by atoms with van der Waals surface area (Å²) in [5.41, 5.74) is 2.70. The minimum Gasteiger partial charge on any atom is -0.377 e. The highest BCUT2D eigenvalue weighted by atomic mass is 127. The summed E-state index contributed by atoms with van der Waals surface area (Å²) in [7, 11) is 0. The lowest BCUT2D eigenvalue weighted by atomic mass is 10.1. The van der Waals surface area contributed by atoms with Crippen molar-refractivity contribution in [3.8, 4) is 0 Å². The zero-order valence-corrected chi connectivity index (χ0v) is 17.2. The van der Waals surface area contributed by atoms with Crippen molar-refractivity contribution in [3.63, 3.8) is 0 Å². The molecule has 0 aliphatic rings. The summed E-state index contributed by atoms with van der Waals surface area (Å²) in [4.78, 5) is 0. The molecule has 0 heterocycles. The van der Waals surface area contributed by atoms with Gasteiger partial charge in [-0.2, -0.15) is 0 Å². The van der Waals surface area contributed by atoms with Crippen molar-refractivity contribution in [1.82, 2.24) is 0 Å². The molecular weight excluding hydrogens is 395 g/mol. The van der Waals surface area contributed by atoms with Gasteiger partial charge in [-0.1, -0.05) is 118 Å². The minimum atomic E-state index is 0.766. The lowest BCUT2D eigenvalue weighted by Crippen LogP contribution is -1.96. The fraction of sp³-hybridized carbons (Fsp3) is 0.714. The highest BCUT2D eigenvalue weighted by molar-refractivity contribution is 14.1. The molecule has 0 radical (unpaired) electrons. The zero-order chi connectivity index (χ0) is 16.6. The predicted molar refractivity (Wildman–Crippen MR) is 110 cm³/mol. The molecular formula is C21H35IO. The first kappa shape index (κ1) is 21.0. The van der Waals surface area contributed by atoms with Gasteiger partial charge in [0.1, 0.15) is 0 Å². The fourth-order valence-corrected chi connectivity index (χ4v) is 3.34. The first-order valence-electron chi connectivity index (χ1n) is 9.58. The summed E-state index contributed by atoms with van der Waals surface area (Å²) in [5, 5.41) is 0. The summed E-state index contributed by atoms with van der Waals surface area (Å²) in [6.45, 7) is 3.96. The van der Waals surface area contributed by atoms with Crippen LogP contribution in [0.1, 0.15) is 88.7 Å². The number of alkyl halides is 1. The van der Waals surface area contributed by atoms with E-state index in [1.54, 1.807) is 0 Å². The molecule has 1 aromatic rings. The van der Waals surface area contributed by atoms with Crippen molar-refractivity contribution in [2.75, 3.05) is 6.61 Å². The first-order chi connectivity index (χ1) is 11.4. The second-order valence-electron chi connectivity index (χ2n) is 6.54. The molecule has 0 aromatic heterocycles. The van der Waals surface area contributed by atoms with Gasteiger partial charge in [0, 0.05) is 11.0 Å². The Morgan fingerprint density at radius 3 is 1.96 bits per heavy atom. The van der Waals surface area contributed by atoms with Crippen molar-refractivity contribution in [1.29, 1.82) is 0 Å². The van der Waals surface area contributed by atoms with E-state index in [-0.39, 0.29) is 0 Å². The zero-order valence-electron chi connectivity index (χ0n) is 15.0. The molecule has 0 saturated carbocycles. The van der Waals surface area contributed by atoms with E-state index in [9.17, 15) is 0 Å². The number of unbranched alkanes of at least 4 members (excludes halogenated alkanes) is 10. The molecule has 1 nitrogen and oxygen atoms in total. The maximum absolute atomic E-state index is 5.80. The molecule has 0 saturated heterocycles. The standard InChI is InChI=1S/C21H35IO/c1-2-3-4-5-6-7-8-9-10-11-12-16-23-19-21-15-13-14-20(17-21)18-22/h13-15,17H,2-12,16,18-19H2,1H3. The molecule has 132 valence electrons. The van der Waals surface area contributed by atoms with Gasteiger partial charge in [-0.3, -0.25) is 0 Å². The predicted octanol–water partition coefficient (Wildman–Crippen LogP) is 7.45. The van der Waals surface area contributed by atoms with Gasteiger partial charge in [0.15, 0.2) is 0 Å². The largest absolute Gasteiger partial charge is 0.377 e. The van der Waals surface area contributed by atoms with E-state index in [1.165, 1.54) is 81.8 Å². The molecule has 0 atom stereocenters. The SMILES string of the molecule is CCCCCCCCCCCCCOCc1cccc(CI)c1. The number of ether oxygens (including phenoxy) is 1. The quantitative estimate of drug-likeness (QED) is 0.160. The highest BCUT2D eigenvalue weighted by Gasteiger charge is 1.97. The van der Waals surface area contributed by atoms with Crippen molar-refractivity contribution < 1.29 is 4.74 Å². The van der Waals surface area contributed by atoms with Crippen LogP contribution in [0.5, 0.6) is 0 Å². The summed E-state index contributed by atoms with van der Waals surface area (Å²) < 4.78 is 6.87. The lowest BCUT2D eigenvalue weighted by Gasteiger charge is -2.06. The van der Waals surface area contributed by atoms with E-state index in [1.807, 2.05) is 0 Å². The van der Waals surface area contributed by atoms with Crippen LogP contribution < -0.4 is 0 Å². The van der Waals surface area contributed by atoms with Crippen LogP contribution in [0, 0.1) is 0 Å². The third-order valence-corrected chi connectivity index (χ3v) is 5.19. The van der Waals surface area contributed by atoms with Gasteiger partial charge in [0.25, 0.3) is 0 Å². The normalized spacial score (nSPS) is 11.0. The summed E-state index contributed by atoms with van der Waals surface area (Å²) >= 11 is 2.41. The Kier molecular flexibility index (Phi) is 14.1. The average Bonchev–Trinajstić information content (AvgIpc) is 2.59. The lowest BCUT2D eigenvalue weighted by molar-refractivity contribution is 0.116. The Morgan fingerprint density at radius 1 is 0.783 bits per heavy atom. The van der Waals surface area contributed by atoms with Gasteiger partial charge in [0.05, 0.1) is 6.61 Å². The molecule has 0 aliphatic heterocycles. The van der Waals surface area contributed by atoms with Gasteiger partial charge in [-0.05, 0) is 17.5 Å². The van der Waals surface area contributed by atoms with Crippen molar-refractivity contribution in [2.24, 2.45) is 0 Å². The smallest absolute Gasteiger partial charge is 0.0716 e. The van der Waals surface area contributed by atoms with Crippen LogP contribution in [0.15, 0.2) is 24.3 Å². The number of halogens is 1. The molecule has 0 aliphatic carbocycles. The first-order valence-corrected chi connectivity index (χ1v) is 11.1. The third-order valence-electron chi connectivity index (χ3n) is 4.31. The second kappa shape index (κ2) is 15.4. The van der Waals surface area contributed by atoms with Crippen LogP contribution in [-0.2, 0) is 15.8 Å². The molecule has 0 fully saturated rings. The van der Waals surface area contributed by atoms with Crippen LogP contribution in [0.25, 0.3) is 0 Å². The molecule has 0 unspecified atom stereocenters. The second-order valence-corrected chi connectivity index (χ2v) is 7.30. The van der Waals surface area contributed by atoms with Crippen LogP contribution >= 0.6 is 22.6 Å². The topological polar surface area (TPSA) is 9.23 Å². The third kappa shape index (κ3) is 12.0. The monoisotopic (exact) mass is 430 g/mol. The minimum absolute atomic E-state index is 0.766. The van der Waals surface area contributed by atoms with Gasteiger partial charge in [-0.15, -0.1) is 0 Å². The van der Waals surface area contributed by atoms with E-state index in [0.29, 0.717) is 0 Å². The molecule has 0 N–H and O–H groups in total. The van der Waals surface area contributed by atoms with Gasteiger partial charge in [-0.25, -0.2) is 0 Å². The molecule has 1 aromatic carbocycles. The molecule has 0 amide bonds. The Labute approximate surface area is 157 Å². The number of hydrogen-bond acceptors (Lipinski definition) is 1. The van der Waals surface area contributed by atoms with Crippen molar-refractivity contribution >= 4 is 22.6 Å². The van der Waals surface area contributed by atoms with Crippen LogP contribution in [0.4, 0.5) is 0 Å². The van der Waals surface area contributed by atoms with Crippen LogP contribution in [0.2, 0.25) is 0 Å². The van der Waals surface area contributed by atoms with E-state index < -0.39 is 0 Å². The maximum atomic E-state index is 5.80. The molecule has 2 heteroatoms. The summed E-state index contributed by atoms with van der Waals surface area (Å²) in [5.74, 6) is 0. The Morgan fingerprint density at radius 2 is 1.35 bits per heavy atom. The van der Waals surface area contributed by atoms with Gasteiger partial charge >= 0.3 is 0 Å². The van der Waals surface area contributed by atoms with Crippen LogP contribution in [0.3, 0.4) is 0 Å². The molecule has 0 spiro atoms. The molecule has 1 rings (SSSR count). The summed E-state index contributed by atoms with van der Waals surface area (Å²) in [6, 6.07) is 8.73. The van der Waals surface area contributed by atoms with E-state index in [0.717, 1.165) is 17.6 Å². The van der Waals surface area contributed by atoms with E-state index >= 15 is 0 Å². The Balaban J connectivity index is 1.84. The van der Waals surface area contributed by atoms with E-state index in [2.05, 4.69) is 53.8 Å². The number of hydrogen-bond donors (Lipinski definition) is 0. The fourth-order valence-electron chi connectivity index (χ4n) is 2.86.